The molecule has 0 aliphatic carbocycles. The average Bonchev–Trinajstić information content (AvgIpc) is 3.44. The van der Waals surface area contributed by atoms with Gasteiger partial charge in [-0.1, -0.05) is 31.5 Å². The number of methoxy groups -OCH3 is 1. The Labute approximate surface area is 215 Å². The van der Waals surface area contributed by atoms with Gasteiger partial charge in [-0.15, -0.1) is 0 Å². The molecule has 0 unspecified atom stereocenters. The third-order valence-corrected chi connectivity index (χ3v) is 5.14. The van der Waals surface area contributed by atoms with Crippen LogP contribution in [0.15, 0.2) is 76.9 Å². The lowest BCUT2D eigenvalue weighted by atomic mass is 10.1. The van der Waals surface area contributed by atoms with Gasteiger partial charge in [-0.2, -0.15) is 5.26 Å². The number of amides is 1. The van der Waals surface area contributed by atoms with Gasteiger partial charge < -0.3 is 23.9 Å². The number of furan rings is 1. The predicted molar refractivity (Wildman–Crippen MR) is 139 cm³/mol. The summed E-state index contributed by atoms with van der Waals surface area (Å²) in [6, 6.07) is 17.4. The monoisotopic (exact) mass is 500 g/mol. The number of carbonyl (C=O) groups is 2. The van der Waals surface area contributed by atoms with Gasteiger partial charge in [0.15, 0.2) is 11.5 Å². The number of esters is 1. The number of carbonyl (C=O) groups excluding carboxylic acids is 2. The van der Waals surface area contributed by atoms with Crippen LogP contribution in [0.3, 0.4) is 0 Å². The van der Waals surface area contributed by atoms with Crippen LogP contribution in [0.5, 0.6) is 17.2 Å². The van der Waals surface area contributed by atoms with Crippen molar-refractivity contribution in [3.05, 3.63) is 89.4 Å². The molecule has 2 aromatic carbocycles. The Bertz CT molecular complexity index is 1280. The molecular weight excluding hydrogens is 472 g/mol. The lowest BCUT2D eigenvalue weighted by Crippen LogP contribution is -2.23. The molecule has 0 atom stereocenters. The highest BCUT2D eigenvalue weighted by Gasteiger charge is 2.12. The summed E-state index contributed by atoms with van der Waals surface area (Å²) in [5.41, 5.74) is 1.25. The summed E-state index contributed by atoms with van der Waals surface area (Å²) in [6.45, 7) is 2.94. The Kier molecular flexibility index (Phi) is 10.1. The zero-order valence-corrected chi connectivity index (χ0v) is 20.7. The molecule has 0 saturated carbocycles. The highest BCUT2D eigenvalue weighted by molar-refractivity contribution is 6.01. The molecule has 0 aliphatic rings. The van der Waals surface area contributed by atoms with Crippen molar-refractivity contribution in [2.45, 2.75) is 26.3 Å². The number of hydrogen-bond donors (Lipinski definition) is 1. The first-order valence-electron chi connectivity index (χ1n) is 11.8. The van der Waals surface area contributed by atoms with Gasteiger partial charge in [0.2, 0.25) is 0 Å². The van der Waals surface area contributed by atoms with Crippen LogP contribution in [0, 0.1) is 11.3 Å². The van der Waals surface area contributed by atoms with Gasteiger partial charge in [0, 0.05) is 6.08 Å². The average molecular weight is 501 g/mol. The fourth-order valence-electron chi connectivity index (χ4n) is 3.17. The molecule has 1 amide bonds. The molecule has 0 fully saturated rings. The van der Waals surface area contributed by atoms with E-state index < -0.39 is 11.9 Å². The topological polar surface area (TPSA) is 111 Å². The minimum Gasteiger partial charge on any atom is -0.494 e. The largest absolute Gasteiger partial charge is 0.494 e. The number of nitrogens with zero attached hydrogens (tertiary/aromatic N) is 1. The van der Waals surface area contributed by atoms with E-state index in [1.54, 1.807) is 30.3 Å². The van der Waals surface area contributed by atoms with Crippen LogP contribution in [-0.2, 0) is 16.1 Å². The molecule has 8 nitrogen and oxygen atoms in total. The van der Waals surface area contributed by atoms with Gasteiger partial charge in [0.1, 0.15) is 23.2 Å². The van der Waals surface area contributed by atoms with E-state index >= 15 is 0 Å². The van der Waals surface area contributed by atoms with Crippen molar-refractivity contribution in [1.29, 1.82) is 5.26 Å². The quantitative estimate of drug-likeness (QED) is 0.118. The summed E-state index contributed by atoms with van der Waals surface area (Å²) in [4.78, 5) is 24.7. The van der Waals surface area contributed by atoms with Crippen molar-refractivity contribution in [2.75, 3.05) is 13.7 Å². The van der Waals surface area contributed by atoms with Gasteiger partial charge in [-0.25, -0.2) is 4.79 Å². The van der Waals surface area contributed by atoms with Crippen molar-refractivity contribution in [2.24, 2.45) is 0 Å². The normalized spacial score (nSPS) is 11.1. The highest BCUT2D eigenvalue weighted by atomic mass is 16.6. The zero-order chi connectivity index (χ0) is 26.5. The number of ether oxygens (including phenoxy) is 3. The SMILES string of the molecule is CCCCOc1ccc(/C=C/C(=O)Oc2ccc(/C=C(\C#N)C(=O)NCc3ccco3)cc2OC)cc1. The summed E-state index contributed by atoms with van der Waals surface area (Å²) in [7, 11) is 1.43. The summed E-state index contributed by atoms with van der Waals surface area (Å²) < 4.78 is 21.5. The highest BCUT2D eigenvalue weighted by Crippen LogP contribution is 2.29. The van der Waals surface area contributed by atoms with Crippen molar-refractivity contribution in [3.8, 4) is 23.3 Å². The Balaban J connectivity index is 1.61. The Morgan fingerprint density at radius 1 is 1.08 bits per heavy atom. The first kappa shape index (κ1) is 26.8. The van der Waals surface area contributed by atoms with Crippen molar-refractivity contribution >= 4 is 24.0 Å². The number of benzene rings is 2. The number of hydrogen-bond acceptors (Lipinski definition) is 7. The zero-order valence-electron chi connectivity index (χ0n) is 20.7. The minimum absolute atomic E-state index is 0.0944. The van der Waals surface area contributed by atoms with Gasteiger partial charge in [-0.05, 0) is 66.1 Å². The molecule has 3 aromatic rings. The van der Waals surface area contributed by atoms with Crippen LogP contribution < -0.4 is 19.5 Å². The van der Waals surface area contributed by atoms with Gasteiger partial charge >= 0.3 is 5.97 Å². The standard InChI is InChI=1S/C29H28N2O6/c1-3-4-15-35-24-11-7-21(8-12-24)10-14-28(32)37-26-13-9-22(18-27(26)34-2)17-23(19-30)29(33)31-20-25-6-5-16-36-25/h5-14,16-18H,3-4,15,20H2,1-2H3,(H,31,33)/b14-10+,23-17+. The second-order valence-corrected chi connectivity index (χ2v) is 7.87. The molecule has 0 bridgehead atoms. The fraction of sp³-hybridized carbons (Fsp3) is 0.207. The number of unbranched alkanes of at least 4 members (excludes halogenated alkanes) is 1. The van der Waals surface area contributed by atoms with Crippen LogP contribution in [0.1, 0.15) is 36.7 Å². The van der Waals surface area contributed by atoms with E-state index in [9.17, 15) is 14.9 Å². The molecule has 0 spiro atoms. The molecule has 1 aromatic heterocycles. The first-order chi connectivity index (χ1) is 18.0. The second-order valence-electron chi connectivity index (χ2n) is 7.87. The second kappa shape index (κ2) is 14.0. The molecule has 0 aliphatic heterocycles. The molecule has 0 radical (unpaired) electrons. The van der Waals surface area contributed by atoms with Gasteiger partial charge in [0.25, 0.3) is 5.91 Å². The smallest absolute Gasteiger partial charge is 0.336 e. The summed E-state index contributed by atoms with van der Waals surface area (Å²) in [6.07, 6.45) is 7.94. The van der Waals surface area contributed by atoms with Crippen LogP contribution in [0.4, 0.5) is 0 Å². The lowest BCUT2D eigenvalue weighted by molar-refractivity contribution is -0.129. The molecular formula is C29H28N2O6. The predicted octanol–water partition coefficient (Wildman–Crippen LogP) is 5.31. The summed E-state index contributed by atoms with van der Waals surface area (Å²) in [5.74, 6) is 0.702. The molecule has 37 heavy (non-hydrogen) atoms. The Hall–Kier alpha value is -4.77. The molecule has 1 heterocycles. The van der Waals surface area contributed by atoms with Gasteiger partial charge in [-0.3, -0.25) is 4.79 Å². The third kappa shape index (κ3) is 8.44. The minimum atomic E-state index is -0.583. The van der Waals surface area contributed by atoms with Crippen LogP contribution >= 0.6 is 0 Å². The van der Waals surface area contributed by atoms with E-state index in [1.165, 1.54) is 31.6 Å². The fourth-order valence-corrected chi connectivity index (χ4v) is 3.17. The summed E-state index contributed by atoms with van der Waals surface area (Å²) in [5, 5.41) is 12.0. The molecule has 1 N–H and O–H groups in total. The first-order valence-corrected chi connectivity index (χ1v) is 11.8. The van der Waals surface area contributed by atoms with E-state index in [1.807, 2.05) is 30.3 Å². The summed E-state index contributed by atoms with van der Waals surface area (Å²) >= 11 is 0. The molecule has 8 heteroatoms. The number of nitriles is 1. The number of nitrogens with one attached hydrogen (secondary N) is 1. The van der Waals surface area contributed by atoms with E-state index in [4.69, 9.17) is 18.6 Å². The van der Waals surface area contributed by atoms with Crippen LogP contribution in [0.2, 0.25) is 0 Å². The number of rotatable bonds is 12. The van der Waals surface area contributed by atoms with E-state index in [2.05, 4.69) is 12.2 Å². The van der Waals surface area contributed by atoms with Gasteiger partial charge in [0.05, 0.1) is 26.5 Å². The van der Waals surface area contributed by atoms with E-state index in [-0.39, 0.29) is 23.6 Å². The maximum atomic E-state index is 12.4. The van der Waals surface area contributed by atoms with Crippen LogP contribution in [-0.4, -0.2) is 25.6 Å². The Morgan fingerprint density at radius 3 is 2.54 bits per heavy atom. The van der Waals surface area contributed by atoms with Crippen LogP contribution in [0.25, 0.3) is 12.2 Å². The molecule has 3 rings (SSSR count). The Morgan fingerprint density at radius 2 is 1.86 bits per heavy atom. The van der Waals surface area contributed by atoms with Crippen molar-refractivity contribution in [1.82, 2.24) is 5.32 Å². The molecule has 0 saturated heterocycles. The maximum absolute atomic E-state index is 12.4. The van der Waals surface area contributed by atoms with E-state index in [0.717, 1.165) is 24.2 Å². The maximum Gasteiger partial charge on any atom is 0.336 e. The van der Waals surface area contributed by atoms with Crippen molar-refractivity contribution < 1.29 is 28.2 Å². The molecule has 190 valence electrons. The lowest BCUT2D eigenvalue weighted by Gasteiger charge is -2.09. The van der Waals surface area contributed by atoms with E-state index in [0.29, 0.717) is 17.9 Å². The third-order valence-electron chi connectivity index (χ3n) is 5.14. The van der Waals surface area contributed by atoms with Crippen molar-refractivity contribution in [3.63, 3.8) is 0 Å².